The Labute approximate surface area is 182 Å². The highest BCUT2D eigenvalue weighted by Gasteiger charge is 2.60. The second-order valence-electron chi connectivity index (χ2n) is 10.6. The summed E-state index contributed by atoms with van der Waals surface area (Å²) < 4.78 is 22.2. The molecule has 3 unspecified atom stereocenters. The van der Waals surface area contributed by atoms with Crippen LogP contribution < -0.4 is 4.74 Å². The fraction of sp³-hybridized carbons (Fsp3) is 0.600. The van der Waals surface area contributed by atoms with Crippen molar-refractivity contribution in [3.05, 3.63) is 29.7 Å². The minimum atomic E-state index is -0.367. The number of nitrogens with zero attached hydrogens (tertiary/aromatic N) is 3. The summed E-state index contributed by atoms with van der Waals surface area (Å²) >= 11 is 0. The third kappa shape index (κ3) is 2.96. The molecule has 3 heterocycles. The minimum Gasteiger partial charge on any atom is -0.494 e. The Kier molecular flexibility index (Phi) is 4.41. The number of benzene rings is 1. The average molecular weight is 424 g/mol. The predicted molar refractivity (Wildman–Crippen MR) is 116 cm³/mol. The lowest BCUT2D eigenvalue weighted by Crippen LogP contribution is -2.65. The second kappa shape index (κ2) is 6.72. The number of aromatic nitrogens is 1. The van der Waals surface area contributed by atoms with Crippen LogP contribution in [0, 0.1) is 28.0 Å². The number of hydrogen-bond donors (Lipinski definition) is 0. The molecule has 6 rings (SSSR count). The van der Waals surface area contributed by atoms with Crippen molar-refractivity contribution in [1.82, 2.24) is 9.47 Å². The number of hydrogen-bond acceptors (Lipinski definition) is 3. The third-order valence-corrected chi connectivity index (χ3v) is 8.10. The van der Waals surface area contributed by atoms with Crippen LogP contribution in [0.5, 0.6) is 5.75 Å². The molecule has 4 bridgehead atoms. The van der Waals surface area contributed by atoms with E-state index in [1.54, 1.807) is 6.07 Å². The number of piperidine rings is 2. The summed E-state index contributed by atoms with van der Waals surface area (Å²) in [6.07, 6.45) is 6.84. The number of amides is 1. The molecular formula is C25H30FN3O2. The van der Waals surface area contributed by atoms with Crippen LogP contribution in [0.15, 0.2) is 18.3 Å². The van der Waals surface area contributed by atoms with Gasteiger partial charge >= 0.3 is 0 Å². The molecule has 2 aliphatic heterocycles. The van der Waals surface area contributed by atoms with Crippen LogP contribution in [0.25, 0.3) is 10.9 Å². The standard InChI is InChI=1S/C25H30FN3O2/c1-15(18-12-28(3)19-5-6-20(31-4)23(26)22(18)19)7-21(30)29-16-8-24(2)9-17(29)11-25(10-16,13-24)14-27/h5-6,12,15-17H,7-11,13H2,1-4H3. The van der Waals surface area contributed by atoms with E-state index in [4.69, 9.17) is 4.74 Å². The highest BCUT2D eigenvalue weighted by atomic mass is 19.1. The molecule has 2 aromatic rings. The van der Waals surface area contributed by atoms with Gasteiger partial charge in [0.2, 0.25) is 5.91 Å². The number of carbonyl (C=O) groups excluding carboxylic acids is 1. The summed E-state index contributed by atoms with van der Waals surface area (Å²) in [5.74, 6) is -0.124. The van der Waals surface area contributed by atoms with Crippen LogP contribution in [-0.4, -0.2) is 34.6 Å². The van der Waals surface area contributed by atoms with E-state index in [-0.39, 0.29) is 46.3 Å². The molecular weight excluding hydrogens is 393 g/mol. The smallest absolute Gasteiger partial charge is 0.223 e. The maximum atomic E-state index is 15.1. The molecule has 1 aromatic heterocycles. The predicted octanol–water partition coefficient (Wildman–Crippen LogP) is 4.89. The zero-order valence-electron chi connectivity index (χ0n) is 18.7. The van der Waals surface area contributed by atoms with Crippen molar-refractivity contribution < 1.29 is 13.9 Å². The van der Waals surface area contributed by atoms with Gasteiger partial charge in [0.05, 0.1) is 24.1 Å². The first kappa shape index (κ1) is 20.4. The summed E-state index contributed by atoms with van der Waals surface area (Å²) in [5, 5.41) is 10.4. The maximum Gasteiger partial charge on any atom is 0.223 e. The average Bonchev–Trinajstić information content (AvgIpc) is 3.04. The topological polar surface area (TPSA) is 58.3 Å². The molecule has 6 heteroatoms. The molecule has 1 amide bonds. The Bertz CT molecular complexity index is 1100. The molecule has 1 aromatic carbocycles. The molecule has 5 nitrogen and oxygen atoms in total. The van der Waals surface area contributed by atoms with Crippen LogP contribution in [0.2, 0.25) is 0 Å². The number of aryl methyl sites for hydroxylation is 1. The normalized spacial score (nSPS) is 32.3. The lowest BCUT2D eigenvalue weighted by molar-refractivity contribution is -0.163. The van der Waals surface area contributed by atoms with Crippen molar-refractivity contribution in [2.75, 3.05) is 7.11 Å². The van der Waals surface area contributed by atoms with E-state index < -0.39 is 0 Å². The van der Waals surface area contributed by atoms with Crippen LogP contribution in [-0.2, 0) is 11.8 Å². The molecule has 4 fully saturated rings. The lowest BCUT2D eigenvalue weighted by atomic mass is 9.50. The Morgan fingerprint density at radius 3 is 2.61 bits per heavy atom. The van der Waals surface area contributed by atoms with Gasteiger partial charge in [0.15, 0.2) is 11.6 Å². The van der Waals surface area contributed by atoms with Gasteiger partial charge < -0.3 is 14.2 Å². The summed E-state index contributed by atoms with van der Waals surface area (Å²) in [5.41, 5.74) is 1.57. The van der Waals surface area contributed by atoms with E-state index in [9.17, 15) is 10.1 Å². The third-order valence-electron chi connectivity index (χ3n) is 8.10. The molecule has 2 saturated heterocycles. The fourth-order valence-electron chi connectivity index (χ4n) is 7.15. The van der Waals surface area contributed by atoms with Crippen molar-refractivity contribution in [2.24, 2.45) is 17.9 Å². The van der Waals surface area contributed by atoms with E-state index >= 15 is 4.39 Å². The van der Waals surface area contributed by atoms with Gasteiger partial charge in [-0.15, -0.1) is 0 Å². The number of methoxy groups -OCH3 is 1. The highest BCUT2D eigenvalue weighted by Crippen LogP contribution is 2.61. The fourth-order valence-corrected chi connectivity index (χ4v) is 7.15. The monoisotopic (exact) mass is 423 g/mol. The molecule has 0 radical (unpaired) electrons. The Hall–Kier alpha value is -2.55. The van der Waals surface area contributed by atoms with Gasteiger partial charge in [-0.1, -0.05) is 13.8 Å². The van der Waals surface area contributed by atoms with Crippen LogP contribution >= 0.6 is 0 Å². The van der Waals surface area contributed by atoms with Crippen molar-refractivity contribution in [3.63, 3.8) is 0 Å². The Morgan fingerprint density at radius 1 is 1.32 bits per heavy atom. The van der Waals surface area contributed by atoms with Gasteiger partial charge in [-0.3, -0.25) is 4.79 Å². The van der Waals surface area contributed by atoms with Crippen molar-refractivity contribution in [1.29, 1.82) is 5.26 Å². The Morgan fingerprint density at radius 2 is 2.00 bits per heavy atom. The molecule has 0 spiro atoms. The van der Waals surface area contributed by atoms with E-state index in [0.29, 0.717) is 11.8 Å². The summed E-state index contributed by atoms with van der Waals surface area (Å²) in [6.45, 7) is 4.29. The minimum absolute atomic E-state index is 0.115. The molecule has 2 saturated carbocycles. The number of halogens is 1. The van der Waals surface area contributed by atoms with E-state index in [1.165, 1.54) is 7.11 Å². The highest BCUT2D eigenvalue weighted by molar-refractivity contribution is 5.88. The van der Waals surface area contributed by atoms with Crippen LogP contribution in [0.3, 0.4) is 0 Å². The van der Waals surface area contributed by atoms with Gasteiger partial charge in [-0.2, -0.15) is 5.26 Å². The zero-order chi connectivity index (χ0) is 22.1. The number of fused-ring (bicyclic) bond motifs is 1. The summed E-state index contributed by atoms with van der Waals surface area (Å²) in [4.78, 5) is 15.6. The molecule has 3 atom stereocenters. The van der Waals surface area contributed by atoms with E-state index in [2.05, 4.69) is 17.9 Å². The largest absolute Gasteiger partial charge is 0.494 e. The van der Waals surface area contributed by atoms with Gasteiger partial charge in [-0.05, 0) is 61.1 Å². The number of carbonyl (C=O) groups is 1. The Balaban J connectivity index is 1.42. The van der Waals surface area contributed by atoms with Gasteiger partial charge in [-0.25, -0.2) is 4.39 Å². The SMILES string of the molecule is COc1ccc2c(c(C(C)CC(=O)N3C4CC5(C)CC3CC(C#N)(C4)C5)cn2C)c1F. The van der Waals surface area contributed by atoms with Crippen molar-refractivity contribution >= 4 is 16.8 Å². The van der Waals surface area contributed by atoms with Crippen molar-refractivity contribution in [2.45, 2.75) is 70.4 Å². The quantitative estimate of drug-likeness (QED) is 0.703. The zero-order valence-corrected chi connectivity index (χ0v) is 18.7. The molecule has 164 valence electrons. The van der Waals surface area contributed by atoms with Gasteiger partial charge in [0.25, 0.3) is 0 Å². The molecule has 4 aliphatic rings. The molecule has 31 heavy (non-hydrogen) atoms. The van der Waals surface area contributed by atoms with Crippen LogP contribution in [0.1, 0.15) is 63.9 Å². The second-order valence-corrected chi connectivity index (χ2v) is 10.6. The first-order valence-electron chi connectivity index (χ1n) is 11.2. The summed E-state index contributed by atoms with van der Waals surface area (Å²) in [7, 11) is 3.36. The molecule has 0 N–H and O–H groups in total. The van der Waals surface area contributed by atoms with E-state index in [1.807, 2.05) is 30.8 Å². The van der Waals surface area contributed by atoms with Crippen LogP contribution in [0.4, 0.5) is 4.39 Å². The lowest BCUT2D eigenvalue weighted by Gasteiger charge is -2.63. The molecule has 2 aliphatic carbocycles. The summed E-state index contributed by atoms with van der Waals surface area (Å²) in [6, 6.07) is 6.43. The van der Waals surface area contributed by atoms with Gasteiger partial charge in [0.1, 0.15) is 0 Å². The number of nitriles is 1. The first-order valence-corrected chi connectivity index (χ1v) is 11.2. The van der Waals surface area contributed by atoms with E-state index in [0.717, 1.165) is 43.2 Å². The maximum absolute atomic E-state index is 15.1. The van der Waals surface area contributed by atoms with Gasteiger partial charge in [0, 0.05) is 37.1 Å². The number of rotatable bonds is 4. The van der Waals surface area contributed by atoms with Crippen molar-refractivity contribution in [3.8, 4) is 11.8 Å². The number of ether oxygens (including phenoxy) is 1. The first-order chi connectivity index (χ1) is 14.7.